The normalized spacial score (nSPS) is 9.00. The third-order valence-electron chi connectivity index (χ3n) is 1.48. The van der Waals surface area contributed by atoms with Crippen molar-refractivity contribution < 1.29 is 9.53 Å². The van der Waals surface area contributed by atoms with Gasteiger partial charge in [-0.3, -0.25) is 10.1 Å². The lowest BCUT2D eigenvalue weighted by atomic mass is 10.4. The number of anilines is 1. The molecule has 0 bridgehead atoms. The van der Waals surface area contributed by atoms with Crippen LogP contribution in [0.1, 0.15) is 5.69 Å². The Labute approximate surface area is 90.3 Å². The van der Waals surface area contributed by atoms with Crippen LogP contribution in [0.3, 0.4) is 0 Å². The average Bonchev–Trinajstić information content (AvgIpc) is 2.16. The molecule has 2 amide bonds. The Morgan fingerprint density at radius 2 is 2.50 bits per heavy atom. The number of aromatic nitrogens is 2. The number of urea groups is 1. The average molecular weight is 223 g/mol. The number of rotatable bonds is 3. The highest BCUT2D eigenvalue weighted by Gasteiger charge is 2.03. The first kappa shape index (κ1) is 11.5. The minimum atomic E-state index is -0.635. The third kappa shape index (κ3) is 3.67. The van der Waals surface area contributed by atoms with Gasteiger partial charge in [0.1, 0.15) is 0 Å². The lowest BCUT2D eigenvalue weighted by Gasteiger charge is -2.05. The number of ether oxygens (including phenoxy) is 1. The van der Waals surface area contributed by atoms with Gasteiger partial charge in [-0.1, -0.05) is 0 Å². The molecule has 0 radical (unpaired) electrons. The molecule has 0 unspecified atom stereocenters. The zero-order valence-electron chi connectivity index (χ0n) is 8.40. The maximum Gasteiger partial charge on any atom is 0.324 e. The molecule has 0 atom stereocenters. The predicted octanol–water partition coefficient (Wildman–Crippen LogP) is -0.345. The summed E-state index contributed by atoms with van der Waals surface area (Å²) in [5.41, 5.74) is 0.114. The number of amides is 2. The molecule has 1 aromatic heterocycles. The van der Waals surface area contributed by atoms with Crippen molar-refractivity contribution in [2.24, 2.45) is 0 Å². The minimum Gasteiger partial charge on any atom is -0.405 e. The topological polar surface area (TPSA) is 120 Å². The Morgan fingerprint density at radius 1 is 1.75 bits per heavy atom. The largest absolute Gasteiger partial charge is 0.405 e. The van der Waals surface area contributed by atoms with E-state index in [0.29, 0.717) is 5.69 Å². The van der Waals surface area contributed by atoms with Crippen LogP contribution in [0.15, 0.2) is 10.9 Å². The summed E-state index contributed by atoms with van der Waals surface area (Å²) >= 11 is 0. The maximum absolute atomic E-state index is 11.1. The van der Waals surface area contributed by atoms with E-state index < -0.39 is 11.6 Å². The SMILES string of the molecule is Cc1cc(=O)nc(NC(=O)NCOC#N)[nH]1. The fourth-order valence-electron chi connectivity index (χ4n) is 0.923. The van der Waals surface area contributed by atoms with Crippen molar-refractivity contribution in [2.45, 2.75) is 6.92 Å². The van der Waals surface area contributed by atoms with Gasteiger partial charge in [-0.2, -0.15) is 10.2 Å². The number of hydrogen-bond donors (Lipinski definition) is 3. The van der Waals surface area contributed by atoms with Gasteiger partial charge in [0.25, 0.3) is 11.8 Å². The summed E-state index contributed by atoms with van der Waals surface area (Å²) in [5.74, 6) is 0.0273. The van der Waals surface area contributed by atoms with E-state index in [1.54, 1.807) is 6.92 Å². The summed E-state index contributed by atoms with van der Waals surface area (Å²) in [6.07, 6.45) is 1.39. The van der Waals surface area contributed by atoms with Crippen LogP contribution in [-0.4, -0.2) is 22.7 Å². The van der Waals surface area contributed by atoms with Crippen molar-refractivity contribution >= 4 is 12.0 Å². The Morgan fingerprint density at radius 3 is 3.12 bits per heavy atom. The van der Waals surface area contributed by atoms with E-state index in [4.69, 9.17) is 5.26 Å². The molecule has 0 saturated heterocycles. The number of nitrogens with one attached hydrogen (secondary N) is 3. The number of carbonyl (C=O) groups is 1. The highest BCUT2D eigenvalue weighted by molar-refractivity contribution is 5.87. The van der Waals surface area contributed by atoms with Crippen LogP contribution in [0.4, 0.5) is 10.7 Å². The first-order valence-corrected chi connectivity index (χ1v) is 4.25. The van der Waals surface area contributed by atoms with Crippen LogP contribution in [0, 0.1) is 18.4 Å². The number of nitrogens with zero attached hydrogens (tertiary/aromatic N) is 2. The highest BCUT2D eigenvalue weighted by Crippen LogP contribution is 1.94. The summed E-state index contributed by atoms with van der Waals surface area (Å²) in [7, 11) is 0. The van der Waals surface area contributed by atoms with Crippen molar-refractivity contribution in [3.63, 3.8) is 0 Å². The molecule has 16 heavy (non-hydrogen) atoms. The Hall–Kier alpha value is -2.56. The van der Waals surface area contributed by atoms with Crippen LogP contribution in [0.2, 0.25) is 0 Å². The molecule has 0 fully saturated rings. The van der Waals surface area contributed by atoms with Gasteiger partial charge in [-0.05, 0) is 6.92 Å². The third-order valence-corrected chi connectivity index (χ3v) is 1.48. The zero-order chi connectivity index (χ0) is 12.0. The first-order chi connectivity index (χ1) is 7.61. The lowest BCUT2D eigenvalue weighted by molar-refractivity contribution is 0.220. The van der Waals surface area contributed by atoms with E-state index in [-0.39, 0.29) is 12.7 Å². The smallest absolute Gasteiger partial charge is 0.324 e. The number of carbonyl (C=O) groups excluding carboxylic acids is 1. The maximum atomic E-state index is 11.1. The number of H-pyrrole nitrogens is 1. The van der Waals surface area contributed by atoms with Gasteiger partial charge >= 0.3 is 6.03 Å². The number of aryl methyl sites for hydroxylation is 1. The van der Waals surface area contributed by atoms with Gasteiger partial charge in [0.05, 0.1) is 0 Å². The lowest BCUT2D eigenvalue weighted by Crippen LogP contribution is -2.31. The zero-order valence-corrected chi connectivity index (χ0v) is 8.40. The number of hydrogen-bond acceptors (Lipinski definition) is 5. The predicted molar refractivity (Wildman–Crippen MR) is 53.3 cm³/mol. The van der Waals surface area contributed by atoms with E-state index in [1.165, 1.54) is 12.3 Å². The summed E-state index contributed by atoms with van der Waals surface area (Å²) in [5, 5.41) is 12.5. The van der Waals surface area contributed by atoms with Crippen LogP contribution >= 0.6 is 0 Å². The van der Waals surface area contributed by atoms with Gasteiger partial charge < -0.3 is 15.0 Å². The van der Waals surface area contributed by atoms with Crippen molar-refractivity contribution in [1.29, 1.82) is 5.26 Å². The van der Waals surface area contributed by atoms with Crippen molar-refractivity contribution in [1.82, 2.24) is 15.3 Å². The monoisotopic (exact) mass is 223 g/mol. The molecule has 8 nitrogen and oxygen atoms in total. The molecule has 0 aliphatic carbocycles. The fourth-order valence-corrected chi connectivity index (χ4v) is 0.923. The van der Waals surface area contributed by atoms with Crippen LogP contribution in [0.25, 0.3) is 0 Å². The van der Waals surface area contributed by atoms with E-state index in [2.05, 4.69) is 25.3 Å². The summed E-state index contributed by atoms with van der Waals surface area (Å²) in [6, 6.07) is 0.658. The molecule has 0 aliphatic rings. The molecule has 3 N–H and O–H groups in total. The molecule has 84 valence electrons. The van der Waals surface area contributed by atoms with Gasteiger partial charge in [-0.25, -0.2) is 4.79 Å². The molecule has 0 spiro atoms. The fraction of sp³-hybridized carbons (Fsp3) is 0.250. The van der Waals surface area contributed by atoms with E-state index in [0.717, 1.165) is 0 Å². The van der Waals surface area contributed by atoms with Gasteiger partial charge in [0.2, 0.25) is 5.95 Å². The molecule has 8 heteroatoms. The quantitative estimate of drug-likeness (QED) is 0.367. The Bertz CT molecular complexity index is 475. The summed E-state index contributed by atoms with van der Waals surface area (Å²) in [4.78, 5) is 28.3. The van der Waals surface area contributed by atoms with Gasteiger partial charge in [0, 0.05) is 11.8 Å². The summed E-state index contributed by atoms with van der Waals surface area (Å²) in [6.45, 7) is 1.41. The van der Waals surface area contributed by atoms with Crippen molar-refractivity contribution in [3.8, 4) is 6.26 Å². The van der Waals surface area contributed by atoms with Crippen molar-refractivity contribution in [3.05, 3.63) is 22.1 Å². The van der Waals surface area contributed by atoms with Gasteiger partial charge in [-0.15, -0.1) is 0 Å². The molecular formula is C8H9N5O3. The van der Waals surface area contributed by atoms with E-state index in [1.807, 2.05) is 0 Å². The second kappa shape index (κ2) is 5.35. The van der Waals surface area contributed by atoms with Crippen LogP contribution in [-0.2, 0) is 4.74 Å². The molecular weight excluding hydrogens is 214 g/mol. The number of nitriles is 1. The summed E-state index contributed by atoms with van der Waals surface area (Å²) < 4.78 is 4.23. The van der Waals surface area contributed by atoms with E-state index >= 15 is 0 Å². The Balaban J connectivity index is 2.56. The van der Waals surface area contributed by atoms with Crippen LogP contribution in [0.5, 0.6) is 0 Å². The second-order valence-electron chi connectivity index (χ2n) is 2.76. The number of aromatic amines is 1. The molecule has 0 saturated carbocycles. The molecule has 1 heterocycles. The van der Waals surface area contributed by atoms with Crippen LogP contribution < -0.4 is 16.2 Å². The van der Waals surface area contributed by atoms with Crippen molar-refractivity contribution in [2.75, 3.05) is 12.0 Å². The minimum absolute atomic E-state index is 0.0273. The van der Waals surface area contributed by atoms with Gasteiger partial charge in [0.15, 0.2) is 6.73 Å². The molecule has 1 aromatic rings. The molecule has 0 aromatic carbocycles. The van der Waals surface area contributed by atoms with E-state index in [9.17, 15) is 9.59 Å². The standard InChI is InChI=1S/C8H9N5O3/c1-5-2-6(14)12-7(11-5)13-8(15)10-4-16-3-9/h2H,4H2,1H3,(H3,10,11,12,13,14,15). The first-order valence-electron chi connectivity index (χ1n) is 4.25. The molecule has 1 rings (SSSR count). The Kier molecular flexibility index (Phi) is 3.85. The second-order valence-corrected chi connectivity index (χ2v) is 2.76. The highest BCUT2D eigenvalue weighted by atomic mass is 16.5. The molecule has 0 aliphatic heterocycles.